The molecule has 104 valence electrons. The van der Waals surface area contributed by atoms with E-state index in [1.165, 1.54) is 7.11 Å². The van der Waals surface area contributed by atoms with Gasteiger partial charge in [-0.3, -0.25) is 0 Å². The fourth-order valence-electron chi connectivity index (χ4n) is 1.65. The van der Waals surface area contributed by atoms with Gasteiger partial charge in [-0.1, -0.05) is 17.7 Å². The SMILES string of the molecule is COC(=O)c1ccc(Oc2c(C)ccc(Br)c2Cl)cc1. The van der Waals surface area contributed by atoms with Crippen molar-refractivity contribution in [1.29, 1.82) is 0 Å². The second-order valence-corrected chi connectivity index (χ2v) is 5.36. The van der Waals surface area contributed by atoms with Crippen LogP contribution in [0.5, 0.6) is 11.5 Å². The van der Waals surface area contributed by atoms with E-state index in [0.717, 1.165) is 10.0 Å². The van der Waals surface area contributed by atoms with Crippen LogP contribution in [0, 0.1) is 6.92 Å². The highest BCUT2D eigenvalue weighted by Gasteiger charge is 2.11. The molecular weight excluding hydrogens is 344 g/mol. The van der Waals surface area contributed by atoms with Gasteiger partial charge in [-0.2, -0.15) is 0 Å². The number of benzene rings is 2. The first-order chi connectivity index (χ1) is 9.52. The van der Waals surface area contributed by atoms with Gasteiger partial charge >= 0.3 is 5.97 Å². The lowest BCUT2D eigenvalue weighted by molar-refractivity contribution is 0.0600. The van der Waals surface area contributed by atoms with Gasteiger partial charge in [0.15, 0.2) is 0 Å². The highest BCUT2D eigenvalue weighted by molar-refractivity contribution is 9.10. The number of carbonyl (C=O) groups excluding carboxylic acids is 1. The first-order valence-electron chi connectivity index (χ1n) is 5.83. The van der Waals surface area contributed by atoms with Crippen molar-refractivity contribution < 1.29 is 14.3 Å². The summed E-state index contributed by atoms with van der Waals surface area (Å²) < 4.78 is 11.2. The monoisotopic (exact) mass is 354 g/mol. The Morgan fingerprint density at radius 3 is 2.40 bits per heavy atom. The smallest absolute Gasteiger partial charge is 0.337 e. The van der Waals surface area contributed by atoms with Gasteiger partial charge in [0.25, 0.3) is 0 Å². The van der Waals surface area contributed by atoms with Crippen molar-refractivity contribution >= 4 is 33.5 Å². The van der Waals surface area contributed by atoms with E-state index >= 15 is 0 Å². The molecule has 0 unspecified atom stereocenters. The number of esters is 1. The molecule has 0 atom stereocenters. The highest BCUT2D eigenvalue weighted by Crippen LogP contribution is 2.37. The van der Waals surface area contributed by atoms with Crippen LogP contribution in [0.2, 0.25) is 5.02 Å². The van der Waals surface area contributed by atoms with Crippen molar-refractivity contribution in [2.24, 2.45) is 0 Å². The summed E-state index contributed by atoms with van der Waals surface area (Å²) in [6, 6.07) is 10.5. The minimum atomic E-state index is -0.381. The van der Waals surface area contributed by atoms with Crippen LogP contribution in [0.4, 0.5) is 0 Å². The minimum Gasteiger partial charge on any atom is -0.465 e. The molecule has 20 heavy (non-hydrogen) atoms. The van der Waals surface area contributed by atoms with Crippen LogP contribution in [-0.4, -0.2) is 13.1 Å². The molecule has 5 heteroatoms. The lowest BCUT2D eigenvalue weighted by Crippen LogP contribution is -2.00. The molecule has 0 saturated carbocycles. The van der Waals surface area contributed by atoms with Gasteiger partial charge in [0.05, 0.1) is 17.7 Å². The summed E-state index contributed by atoms with van der Waals surface area (Å²) in [5.41, 5.74) is 1.40. The maximum absolute atomic E-state index is 11.3. The van der Waals surface area contributed by atoms with E-state index in [9.17, 15) is 4.79 Å². The maximum Gasteiger partial charge on any atom is 0.337 e. The predicted octanol–water partition coefficient (Wildman–Crippen LogP) is 4.99. The van der Waals surface area contributed by atoms with Crippen LogP contribution in [0.15, 0.2) is 40.9 Å². The average Bonchev–Trinajstić information content (AvgIpc) is 2.47. The van der Waals surface area contributed by atoms with Crippen molar-refractivity contribution in [2.45, 2.75) is 6.92 Å². The van der Waals surface area contributed by atoms with Crippen molar-refractivity contribution in [3.05, 3.63) is 57.0 Å². The molecule has 0 amide bonds. The van der Waals surface area contributed by atoms with Crippen molar-refractivity contribution in [3.63, 3.8) is 0 Å². The number of ether oxygens (including phenoxy) is 2. The van der Waals surface area contributed by atoms with E-state index in [4.69, 9.17) is 16.3 Å². The molecule has 2 aromatic rings. The van der Waals surface area contributed by atoms with Gasteiger partial charge in [0, 0.05) is 4.47 Å². The quantitative estimate of drug-likeness (QED) is 0.728. The summed E-state index contributed by atoms with van der Waals surface area (Å²) in [4.78, 5) is 11.3. The first kappa shape index (κ1) is 14.9. The summed E-state index contributed by atoms with van der Waals surface area (Å²) in [6.45, 7) is 1.91. The summed E-state index contributed by atoms with van der Waals surface area (Å²) in [7, 11) is 1.34. The highest BCUT2D eigenvalue weighted by atomic mass is 79.9. The van der Waals surface area contributed by atoms with E-state index < -0.39 is 0 Å². The van der Waals surface area contributed by atoms with Gasteiger partial charge in [0.1, 0.15) is 11.5 Å². The molecule has 0 heterocycles. The second kappa shape index (κ2) is 6.29. The molecule has 0 fully saturated rings. The van der Waals surface area contributed by atoms with E-state index in [1.807, 2.05) is 19.1 Å². The number of carbonyl (C=O) groups is 1. The van der Waals surface area contributed by atoms with Crippen molar-refractivity contribution in [1.82, 2.24) is 0 Å². The number of rotatable bonds is 3. The largest absolute Gasteiger partial charge is 0.465 e. The van der Waals surface area contributed by atoms with E-state index in [2.05, 4.69) is 20.7 Å². The third kappa shape index (κ3) is 3.14. The number of methoxy groups -OCH3 is 1. The first-order valence-corrected chi connectivity index (χ1v) is 7.01. The van der Waals surface area contributed by atoms with Crippen LogP contribution in [-0.2, 0) is 4.74 Å². The van der Waals surface area contributed by atoms with E-state index in [1.54, 1.807) is 24.3 Å². The third-order valence-corrected chi connectivity index (χ3v) is 4.01. The Bertz CT molecular complexity index is 638. The van der Waals surface area contributed by atoms with Gasteiger partial charge in [-0.25, -0.2) is 4.79 Å². The minimum absolute atomic E-state index is 0.381. The predicted molar refractivity (Wildman–Crippen MR) is 81.7 cm³/mol. The van der Waals surface area contributed by atoms with Crippen LogP contribution in [0.1, 0.15) is 15.9 Å². The summed E-state index contributed by atoms with van der Waals surface area (Å²) in [5, 5.41) is 0.516. The molecule has 0 bridgehead atoms. The average molecular weight is 356 g/mol. The molecule has 0 saturated heterocycles. The third-order valence-electron chi connectivity index (χ3n) is 2.74. The second-order valence-electron chi connectivity index (χ2n) is 4.13. The van der Waals surface area contributed by atoms with E-state index in [0.29, 0.717) is 22.1 Å². The molecule has 3 nitrogen and oxygen atoms in total. The molecule has 0 aliphatic carbocycles. The van der Waals surface area contributed by atoms with Gasteiger partial charge < -0.3 is 9.47 Å². The van der Waals surface area contributed by atoms with Gasteiger partial charge in [-0.05, 0) is 58.7 Å². The maximum atomic E-state index is 11.3. The Morgan fingerprint density at radius 1 is 1.15 bits per heavy atom. The molecule has 0 aliphatic rings. The Hall–Kier alpha value is -1.52. The summed E-state index contributed by atoms with van der Waals surface area (Å²) >= 11 is 9.57. The van der Waals surface area contributed by atoms with Gasteiger partial charge in [-0.15, -0.1) is 0 Å². The normalized spacial score (nSPS) is 10.2. The number of hydrogen-bond donors (Lipinski definition) is 0. The Balaban J connectivity index is 2.27. The zero-order valence-electron chi connectivity index (χ0n) is 10.9. The topological polar surface area (TPSA) is 35.5 Å². The molecular formula is C15H12BrClO3. The van der Waals surface area contributed by atoms with Gasteiger partial charge in [0.2, 0.25) is 0 Å². The van der Waals surface area contributed by atoms with Crippen molar-refractivity contribution in [3.8, 4) is 11.5 Å². The van der Waals surface area contributed by atoms with Crippen LogP contribution in [0.3, 0.4) is 0 Å². The van der Waals surface area contributed by atoms with Crippen LogP contribution >= 0.6 is 27.5 Å². The number of aryl methyl sites for hydroxylation is 1. The molecule has 0 N–H and O–H groups in total. The summed E-state index contributed by atoms with van der Waals surface area (Å²) in [6.07, 6.45) is 0. The van der Waals surface area contributed by atoms with Crippen LogP contribution in [0.25, 0.3) is 0 Å². The standard InChI is InChI=1S/C15H12BrClO3/c1-9-3-8-12(16)13(17)14(9)20-11-6-4-10(5-7-11)15(18)19-2/h3-8H,1-2H3. The fraction of sp³-hybridized carbons (Fsp3) is 0.133. The molecule has 0 aromatic heterocycles. The molecule has 2 aromatic carbocycles. The summed E-state index contributed by atoms with van der Waals surface area (Å²) in [5.74, 6) is 0.806. The molecule has 2 rings (SSSR count). The molecule has 0 radical (unpaired) electrons. The Kier molecular flexibility index (Phi) is 4.68. The zero-order chi connectivity index (χ0) is 14.7. The molecule has 0 spiro atoms. The molecule has 0 aliphatic heterocycles. The fourth-order valence-corrected chi connectivity index (χ4v) is 2.21. The van der Waals surface area contributed by atoms with E-state index in [-0.39, 0.29) is 5.97 Å². The lowest BCUT2D eigenvalue weighted by atomic mass is 10.2. The number of halogens is 2. The Labute approximate surface area is 130 Å². The number of hydrogen-bond acceptors (Lipinski definition) is 3. The van der Waals surface area contributed by atoms with Crippen molar-refractivity contribution in [2.75, 3.05) is 7.11 Å². The Morgan fingerprint density at radius 2 is 1.80 bits per heavy atom. The van der Waals surface area contributed by atoms with Crippen LogP contribution < -0.4 is 4.74 Å². The zero-order valence-corrected chi connectivity index (χ0v) is 13.3. The lowest BCUT2D eigenvalue weighted by Gasteiger charge is -2.12.